The van der Waals surface area contributed by atoms with Crippen LogP contribution in [0.5, 0.6) is 0 Å². The smallest absolute Gasteiger partial charge is 0.427 e. The van der Waals surface area contributed by atoms with E-state index in [1.807, 2.05) is 13.8 Å². The molecule has 1 saturated heterocycles. The monoisotopic (exact) mass is 560 g/mol. The highest BCUT2D eigenvalue weighted by atomic mass is 19.4. The standard InChI is InChI=1S/C26H39F3N4O6/c1-23(2,3)18(32-22(38)39-25(6,7)26(27,28)29)21(37)33-11-13-15(24(13,4)5)16(33)20(36)31-14(10-12-8-9-12)17(34)19(30)35/h12-16,18H,8-11H2,1-7H3,(H2,30,35)(H,31,36)(H,32,38)/t13?,14?,15-,16-,18?/m0/s1. The zero-order valence-corrected chi connectivity index (χ0v) is 23.4. The van der Waals surface area contributed by atoms with Crippen LogP contribution in [0.4, 0.5) is 18.0 Å². The Bertz CT molecular complexity index is 1050. The van der Waals surface area contributed by atoms with Gasteiger partial charge in [0.25, 0.3) is 5.91 Å². The van der Waals surface area contributed by atoms with Crippen molar-refractivity contribution in [1.82, 2.24) is 15.5 Å². The number of alkyl carbamates (subject to hydrolysis) is 1. The number of carbonyl (C=O) groups is 5. The Labute approximate surface area is 225 Å². The largest absolute Gasteiger partial charge is 0.434 e. The SMILES string of the molecule is CC(C)(C)C(NC(=O)OC(C)(C)C(F)(F)F)C(=O)N1CC2[C@@H]([C@H]1C(=O)NC(CC1CC1)C(=O)C(N)=O)C2(C)C. The second-order valence-corrected chi connectivity index (χ2v) is 13.2. The van der Waals surface area contributed by atoms with Crippen LogP contribution in [0.3, 0.4) is 0 Å². The van der Waals surface area contributed by atoms with Crippen molar-refractivity contribution in [2.45, 2.75) is 97.6 Å². The fourth-order valence-corrected chi connectivity index (χ4v) is 5.41. The second-order valence-electron chi connectivity index (χ2n) is 13.2. The fourth-order valence-electron chi connectivity index (χ4n) is 5.41. The number of primary amides is 1. The van der Waals surface area contributed by atoms with E-state index < -0.39 is 64.9 Å². The Morgan fingerprint density at radius 2 is 1.59 bits per heavy atom. The number of likely N-dealkylation sites (tertiary alicyclic amines) is 1. The number of ether oxygens (including phenoxy) is 1. The van der Waals surface area contributed by atoms with E-state index in [9.17, 15) is 37.1 Å². The number of nitrogens with one attached hydrogen (secondary N) is 2. The van der Waals surface area contributed by atoms with Crippen molar-refractivity contribution < 1.29 is 41.9 Å². The lowest BCUT2D eigenvalue weighted by molar-refractivity contribution is -0.244. The van der Waals surface area contributed by atoms with Gasteiger partial charge in [0.1, 0.15) is 12.1 Å². The summed E-state index contributed by atoms with van der Waals surface area (Å²) in [5.74, 6) is -3.45. The van der Waals surface area contributed by atoms with Crippen molar-refractivity contribution in [3.05, 3.63) is 0 Å². The van der Waals surface area contributed by atoms with Crippen LogP contribution in [0.1, 0.15) is 67.7 Å². The van der Waals surface area contributed by atoms with Gasteiger partial charge < -0.3 is 26.0 Å². The third-order valence-corrected chi connectivity index (χ3v) is 8.31. The maximum atomic E-state index is 13.8. The molecular formula is C26H39F3N4O6. The zero-order valence-electron chi connectivity index (χ0n) is 23.4. The maximum Gasteiger partial charge on any atom is 0.427 e. The second kappa shape index (κ2) is 9.96. The molecule has 0 aromatic heterocycles. The van der Waals surface area contributed by atoms with Crippen molar-refractivity contribution in [1.29, 1.82) is 0 Å². The van der Waals surface area contributed by atoms with E-state index in [0.29, 0.717) is 13.8 Å². The van der Waals surface area contributed by atoms with Gasteiger partial charge in [0, 0.05) is 6.54 Å². The van der Waals surface area contributed by atoms with Gasteiger partial charge in [-0.25, -0.2) is 4.79 Å². The first-order valence-corrected chi connectivity index (χ1v) is 13.1. The number of rotatable bonds is 9. The summed E-state index contributed by atoms with van der Waals surface area (Å²) in [7, 11) is 0. The Morgan fingerprint density at radius 3 is 2.05 bits per heavy atom. The molecule has 4 amide bonds. The predicted molar refractivity (Wildman–Crippen MR) is 133 cm³/mol. The van der Waals surface area contributed by atoms with Crippen molar-refractivity contribution >= 4 is 29.6 Å². The number of Topliss-reactive ketones (excluding diaryl/α,β-unsaturated/α-hetero) is 1. The van der Waals surface area contributed by atoms with Gasteiger partial charge in [-0.15, -0.1) is 0 Å². The number of nitrogens with zero attached hydrogens (tertiary/aromatic N) is 1. The van der Waals surface area contributed by atoms with Crippen molar-refractivity contribution in [2.24, 2.45) is 34.3 Å². The Kier molecular flexibility index (Phi) is 7.83. The van der Waals surface area contributed by atoms with Gasteiger partial charge in [-0.3, -0.25) is 19.2 Å². The first kappa shape index (κ1) is 30.7. The molecule has 2 saturated carbocycles. The number of amides is 4. The van der Waals surface area contributed by atoms with Gasteiger partial charge in [0.15, 0.2) is 0 Å². The molecule has 0 aromatic rings. The van der Waals surface area contributed by atoms with E-state index in [2.05, 4.69) is 15.4 Å². The molecule has 2 aliphatic carbocycles. The maximum absolute atomic E-state index is 13.8. The van der Waals surface area contributed by atoms with Crippen molar-refractivity contribution in [3.63, 3.8) is 0 Å². The lowest BCUT2D eigenvalue weighted by Gasteiger charge is -2.38. The molecule has 3 fully saturated rings. The van der Waals surface area contributed by atoms with Crippen molar-refractivity contribution in [2.75, 3.05) is 6.54 Å². The number of carbonyl (C=O) groups excluding carboxylic acids is 5. The number of nitrogens with two attached hydrogens (primary N) is 1. The van der Waals surface area contributed by atoms with Crippen molar-refractivity contribution in [3.8, 4) is 0 Å². The number of hydrogen-bond donors (Lipinski definition) is 3. The minimum absolute atomic E-state index is 0.0392. The number of halogens is 3. The average Bonchev–Trinajstić information content (AvgIpc) is 3.61. The summed E-state index contributed by atoms with van der Waals surface area (Å²) in [6.07, 6.45) is -4.27. The van der Waals surface area contributed by atoms with Crippen LogP contribution in [0, 0.1) is 28.6 Å². The first-order valence-electron chi connectivity index (χ1n) is 13.1. The van der Waals surface area contributed by atoms with Crippen LogP contribution in [-0.4, -0.2) is 70.9 Å². The number of piperidine rings is 1. The van der Waals surface area contributed by atoms with E-state index in [-0.39, 0.29) is 36.1 Å². The van der Waals surface area contributed by atoms with Crippen LogP contribution >= 0.6 is 0 Å². The molecule has 1 heterocycles. The molecule has 3 unspecified atom stereocenters. The molecule has 13 heteroatoms. The third-order valence-electron chi connectivity index (χ3n) is 8.31. The van der Waals surface area contributed by atoms with Crippen LogP contribution in [0.2, 0.25) is 0 Å². The van der Waals surface area contributed by atoms with Gasteiger partial charge >= 0.3 is 12.3 Å². The molecule has 0 spiro atoms. The molecule has 5 atom stereocenters. The fraction of sp³-hybridized carbons (Fsp3) is 0.808. The molecule has 4 N–H and O–H groups in total. The third kappa shape index (κ3) is 6.32. The van der Waals surface area contributed by atoms with E-state index in [1.165, 1.54) is 4.90 Å². The summed E-state index contributed by atoms with van der Waals surface area (Å²) in [4.78, 5) is 65.2. The summed E-state index contributed by atoms with van der Waals surface area (Å²) >= 11 is 0. The van der Waals surface area contributed by atoms with Gasteiger partial charge in [-0.1, -0.05) is 47.5 Å². The minimum atomic E-state index is -4.84. The minimum Gasteiger partial charge on any atom is -0.434 e. The Morgan fingerprint density at radius 1 is 1.03 bits per heavy atom. The van der Waals surface area contributed by atoms with E-state index in [0.717, 1.165) is 12.8 Å². The Balaban J connectivity index is 1.83. The number of ketones is 1. The van der Waals surface area contributed by atoms with Crippen LogP contribution < -0.4 is 16.4 Å². The lowest BCUT2D eigenvalue weighted by atomic mass is 9.85. The highest BCUT2D eigenvalue weighted by Crippen LogP contribution is 2.65. The summed E-state index contributed by atoms with van der Waals surface area (Å²) in [5.41, 5.74) is 1.16. The lowest BCUT2D eigenvalue weighted by Crippen LogP contribution is -2.61. The number of fused-ring (bicyclic) bond motifs is 1. The van der Waals surface area contributed by atoms with E-state index in [1.54, 1.807) is 20.8 Å². The summed E-state index contributed by atoms with van der Waals surface area (Å²) in [6.45, 7) is 10.4. The normalized spacial score (nSPS) is 25.7. The highest BCUT2D eigenvalue weighted by Gasteiger charge is 2.70. The van der Waals surface area contributed by atoms with Gasteiger partial charge in [-0.2, -0.15) is 13.2 Å². The van der Waals surface area contributed by atoms with Crippen LogP contribution in [0.15, 0.2) is 0 Å². The average molecular weight is 561 g/mol. The van der Waals surface area contributed by atoms with Gasteiger partial charge in [-0.05, 0) is 48.9 Å². The molecule has 3 aliphatic rings. The molecule has 39 heavy (non-hydrogen) atoms. The molecule has 3 rings (SSSR count). The molecule has 0 bridgehead atoms. The molecule has 10 nitrogen and oxygen atoms in total. The number of alkyl halides is 3. The first-order chi connectivity index (χ1) is 17.6. The van der Waals surface area contributed by atoms with Crippen LogP contribution in [-0.2, 0) is 23.9 Å². The topological polar surface area (TPSA) is 148 Å². The van der Waals surface area contributed by atoms with Crippen LogP contribution in [0.25, 0.3) is 0 Å². The molecule has 0 radical (unpaired) electrons. The summed E-state index contributed by atoms with van der Waals surface area (Å²) < 4.78 is 44.4. The van der Waals surface area contributed by atoms with Gasteiger partial charge in [0.05, 0.1) is 6.04 Å². The van der Waals surface area contributed by atoms with E-state index in [4.69, 9.17) is 5.73 Å². The molecule has 220 valence electrons. The summed E-state index contributed by atoms with van der Waals surface area (Å²) in [6, 6.07) is -3.44. The number of hydrogen-bond acceptors (Lipinski definition) is 6. The quantitative estimate of drug-likeness (QED) is 0.369. The molecular weight excluding hydrogens is 521 g/mol. The summed E-state index contributed by atoms with van der Waals surface area (Å²) in [5, 5.41) is 4.92. The highest BCUT2D eigenvalue weighted by molar-refractivity contribution is 6.37. The van der Waals surface area contributed by atoms with E-state index >= 15 is 0 Å². The van der Waals surface area contributed by atoms with Gasteiger partial charge in [0.2, 0.25) is 23.2 Å². The predicted octanol–water partition coefficient (Wildman–Crippen LogP) is 2.29. The molecule has 1 aliphatic heterocycles. The molecule has 0 aromatic carbocycles. The zero-order chi connectivity index (χ0) is 29.9. The Hall–Kier alpha value is -2.86.